The Kier molecular flexibility index (Phi) is 51.2. The standard InChI is InChI=1S/C55H111NO3/c1-3-5-7-9-11-13-15-17-19-21-23-24-25-26-27-28-29-30-31-33-35-37-39-41-43-45-47-49-51-55(59)56-53(52-57)54(58)50-48-46-44-42-40-38-36-34-32-22-20-18-16-14-12-10-8-6-4-2/h53-54,57-58H,3-52H2,1-2H3,(H,56,59). The molecule has 0 fully saturated rings. The van der Waals surface area contributed by atoms with E-state index in [1.165, 1.54) is 276 Å². The lowest BCUT2D eigenvalue weighted by molar-refractivity contribution is -0.123. The molecule has 354 valence electrons. The first-order valence-corrected chi connectivity index (χ1v) is 27.7. The third-order valence-electron chi connectivity index (χ3n) is 13.4. The predicted octanol–water partition coefficient (Wildman–Crippen LogP) is 18.0. The van der Waals surface area contributed by atoms with Crippen LogP contribution in [-0.4, -0.2) is 34.9 Å². The Labute approximate surface area is 372 Å². The fourth-order valence-electron chi connectivity index (χ4n) is 9.13. The van der Waals surface area contributed by atoms with Gasteiger partial charge in [-0.2, -0.15) is 0 Å². The molecule has 0 rings (SSSR count). The van der Waals surface area contributed by atoms with Gasteiger partial charge in [-0.25, -0.2) is 0 Å². The number of unbranched alkanes of at least 4 members (excludes halogenated alkanes) is 45. The van der Waals surface area contributed by atoms with Crippen LogP contribution < -0.4 is 5.32 Å². The van der Waals surface area contributed by atoms with Crippen LogP contribution in [-0.2, 0) is 4.79 Å². The number of carbonyl (C=O) groups is 1. The van der Waals surface area contributed by atoms with Crippen molar-refractivity contribution >= 4 is 5.91 Å². The first-order chi connectivity index (χ1) is 29.2. The number of rotatable bonds is 52. The maximum atomic E-state index is 12.5. The number of carbonyl (C=O) groups excluding carboxylic acids is 1. The van der Waals surface area contributed by atoms with Crippen LogP contribution in [0.15, 0.2) is 0 Å². The molecule has 0 saturated heterocycles. The summed E-state index contributed by atoms with van der Waals surface area (Å²) in [6.45, 7) is 4.40. The fourth-order valence-corrected chi connectivity index (χ4v) is 9.13. The minimum absolute atomic E-state index is 0.0221. The molecule has 0 aliphatic heterocycles. The number of nitrogens with one attached hydrogen (secondary N) is 1. The van der Waals surface area contributed by atoms with Gasteiger partial charge in [-0.15, -0.1) is 0 Å². The number of aliphatic hydroxyl groups excluding tert-OH is 2. The SMILES string of the molecule is CCCCCCCCCCCCCCCCCCCCCCCCCCCCCCC(=O)NC(CO)C(O)CCCCCCCCCCCCCCCCCCCCC. The average Bonchev–Trinajstić information content (AvgIpc) is 3.24. The van der Waals surface area contributed by atoms with Gasteiger partial charge in [0.25, 0.3) is 0 Å². The molecule has 4 heteroatoms. The lowest BCUT2D eigenvalue weighted by Crippen LogP contribution is -2.45. The van der Waals surface area contributed by atoms with Crippen LogP contribution in [0.2, 0.25) is 0 Å². The van der Waals surface area contributed by atoms with Crippen molar-refractivity contribution in [2.24, 2.45) is 0 Å². The molecule has 0 bridgehead atoms. The van der Waals surface area contributed by atoms with Gasteiger partial charge < -0.3 is 15.5 Å². The summed E-state index contributed by atoms with van der Waals surface area (Å²) in [4.78, 5) is 12.5. The molecule has 0 aliphatic rings. The Morgan fingerprint density at radius 1 is 0.339 bits per heavy atom. The van der Waals surface area contributed by atoms with Gasteiger partial charge in [0.1, 0.15) is 0 Å². The molecule has 3 N–H and O–H groups in total. The molecule has 0 heterocycles. The summed E-state index contributed by atoms with van der Waals surface area (Å²) >= 11 is 0. The fraction of sp³-hybridized carbons (Fsp3) is 0.982. The Bertz CT molecular complexity index is 773. The van der Waals surface area contributed by atoms with Crippen LogP contribution in [0.5, 0.6) is 0 Å². The Hall–Kier alpha value is -0.610. The maximum Gasteiger partial charge on any atom is 0.220 e. The lowest BCUT2D eigenvalue weighted by atomic mass is 10.0. The van der Waals surface area contributed by atoms with Gasteiger partial charge in [0.2, 0.25) is 5.91 Å². The van der Waals surface area contributed by atoms with Gasteiger partial charge in [-0.1, -0.05) is 309 Å². The van der Waals surface area contributed by atoms with Crippen LogP contribution in [0, 0.1) is 0 Å². The molecule has 1 amide bonds. The molecule has 4 nitrogen and oxygen atoms in total. The highest BCUT2D eigenvalue weighted by molar-refractivity contribution is 5.76. The molecule has 59 heavy (non-hydrogen) atoms. The highest BCUT2D eigenvalue weighted by Crippen LogP contribution is 2.18. The summed E-state index contributed by atoms with van der Waals surface area (Å²) in [5.41, 5.74) is 0. The first kappa shape index (κ1) is 58.4. The van der Waals surface area contributed by atoms with E-state index >= 15 is 0 Å². The zero-order valence-electron chi connectivity index (χ0n) is 40.8. The summed E-state index contributed by atoms with van der Waals surface area (Å²) in [7, 11) is 0. The molecule has 2 unspecified atom stereocenters. The molecule has 0 aromatic rings. The Balaban J connectivity index is 3.39. The summed E-state index contributed by atoms with van der Waals surface area (Å²) in [5.74, 6) is -0.0221. The van der Waals surface area contributed by atoms with Gasteiger partial charge in [-0.3, -0.25) is 4.79 Å². The minimum atomic E-state index is -0.654. The molecule has 0 saturated carbocycles. The number of aliphatic hydroxyl groups is 2. The smallest absolute Gasteiger partial charge is 0.220 e. The quantitative estimate of drug-likeness (QED) is 0.0535. The second-order valence-electron chi connectivity index (χ2n) is 19.4. The van der Waals surface area contributed by atoms with E-state index in [0.717, 1.165) is 25.7 Å². The second kappa shape index (κ2) is 51.7. The van der Waals surface area contributed by atoms with Crippen molar-refractivity contribution < 1.29 is 15.0 Å². The van der Waals surface area contributed by atoms with E-state index < -0.39 is 12.1 Å². The highest BCUT2D eigenvalue weighted by atomic mass is 16.3. The summed E-state index contributed by atoms with van der Waals surface area (Å²) in [6.07, 6.45) is 65.2. The third kappa shape index (κ3) is 48.3. The number of hydrogen-bond acceptors (Lipinski definition) is 3. The molecule has 0 radical (unpaired) electrons. The largest absolute Gasteiger partial charge is 0.394 e. The minimum Gasteiger partial charge on any atom is -0.394 e. The second-order valence-corrected chi connectivity index (χ2v) is 19.4. The molecule has 0 aromatic carbocycles. The maximum absolute atomic E-state index is 12.5. The monoisotopic (exact) mass is 834 g/mol. The van der Waals surface area contributed by atoms with Crippen molar-refractivity contribution in [3.05, 3.63) is 0 Å². The van der Waals surface area contributed by atoms with Gasteiger partial charge in [0, 0.05) is 6.42 Å². The van der Waals surface area contributed by atoms with Crippen molar-refractivity contribution in [3.63, 3.8) is 0 Å². The van der Waals surface area contributed by atoms with Crippen LogP contribution in [0.1, 0.15) is 328 Å². The third-order valence-corrected chi connectivity index (χ3v) is 13.4. The van der Waals surface area contributed by atoms with Crippen LogP contribution in [0.4, 0.5) is 0 Å². The van der Waals surface area contributed by atoms with Gasteiger partial charge in [0.05, 0.1) is 18.8 Å². The lowest BCUT2D eigenvalue weighted by Gasteiger charge is -2.22. The zero-order chi connectivity index (χ0) is 42.8. The highest BCUT2D eigenvalue weighted by Gasteiger charge is 2.20. The van der Waals surface area contributed by atoms with E-state index in [1.807, 2.05) is 0 Å². The summed E-state index contributed by atoms with van der Waals surface area (Å²) < 4.78 is 0. The van der Waals surface area contributed by atoms with E-state index in [2.05, 4.69) is 19.2 Å². The van der Waals surface area contributed by atoms with Crippen LogP contribution in [0.25, 0.3) is 0 Å². The van der Waals surface area contributed by atoms with E-state index in [-0.39, 0.29) is 12.5 Å². The Morgan fingerprint density at radius 3 is 0.763 bits per heavy atom. The van der Waals surface area contributed by atoms with Crippen molar-refractivity contribution in [1.82, 2.24) is 5.32 Å². The molecular weight excluding hydrogens is 723 g/mol. The van der Waals surface area contributed by atoms with Crippen molar-refractivity contribution in [3.8, 4) is 0 Å². The van der Waals surface area contributed by atoms with E-state index in [4.69, 9.17) is 0 Å². The molecule has 0 aromatic heterocycles. The number of amides is 1. The van der Waals surface area contributed by atoms with E-state index in [1.54, 1.807) is 0 Å². The average molecular weight is 834 g/mol. The normalized spacial score (nSPS) is 12.7. The molecule has 0 aliphatic carbocycles. The predicted molar refractivity (Wildman–Crippen MR) is 263 cm³/mol. The van der Waals surface area contributed by atoms with Crippen molar-refractivity contribution in [1.29, 1.82) is 0 Å². The summed E-state index contributed by atoms with van der Waals surface area (Å²) in [6, 6.07) is -0.531. The first-order valence-electron chi connectivity index (χ1n) is 27.7. The molecule has 0 spiro atoms. The van der Waals surface area contributed by atoms with Crippen LogP contribution in [0.3, 0.4) is 0 Å². The van der Waals surface area contributed by atoms with Gasteiger partial charge >= 0.3 is 0 Å². The van der Waals surface area contributed by atoms with Crippen molar-refractivity contribution in [2.45, 2.75) is 341 Å². The van der Waals surface area contributed by atoms with E-state index in [9.17, 15) is 15.0 Å². The zero-order valence-corrected chi connectivity index (χ0v) is 40.8. The van der Waals surface area contributed by atoms with E-state index in [0.29, 0.717) is 12.8 Å². The summed E-state index contributed by atoms with van der Waals surface area (Å²) in [5, 5.41) is 23.3. The van der Waals surface area contributed by atoms with Gasteiger partial charge in [-0.05, 0) is 12.8 Å². The topological polar surface area (TPSA) is 69.6 Å². The number of hydrogen-bond donors (Lipinski definition) is 3. The van der Waals surface area contributed by atoms with Gasteiger partial charge in [0.15, 0.2) is 0 Å². The molecular formula is C55H111NO3. The van der Waals surface area contributed by atoms with Crippen LogP contribution >= 0.6 is 0 Å². The Morgan fingerprint density at radius 2 is 0.542 bits per heavy atom. The van der Waals surface area contributed by atoms with Crippen molar-refractivity contribution in [2.75, 3.05) is 6.61 Å². The molecule has 2 atom stereocenters.